The van der Waals surface area contributed by atoms with E-state index in [4.69, 9.17) is 11.6 Å². The van der Waals surface area contributed by atoms with Crippen LogP contribution in [0.2, 0.25) is 5.02 Å². The number of amidine groups is 1. The second-order valence-electron chi connectivity index (χ2n) is 5.19. The summed E-state index contributed by atoms with van der Waals surface area (Å²) in [4.78, 5) is 28.2. The predicted molar refractivity (Wildman–Crippen MR) is 100.0 cm³/mol. The largest absolute Gasteiger partial charge is 0.465 e. The summed E-state index contributed by atoms with van der Waals surface area (Å²) in [7, 11) is 1.31. The molecular formula is C18H12ClFN2O3S. The molecule has 26 heavy (non-hydrogen) atoms. The van der Waals surface area contributed by atoms with Gasteiger partial charge in [0.2, 0.25) is 0 Å². The average Bonchev–Trinajstić information content (AvgIpc) is 2.97. The van der Waals surface area contributed by atoms with Gasteiger partial charge in [0.15, 0.2) is 5.17 Å². The Bertz CT molecular complexity index is 942. The zero-order chi connectivity index (χ0) is 18.7. The van der Waals surface area contributed by atoms with E-state index in [9.17, 15) is 14.0 Å². The molecule has 0 unspecified atom stereocenters. The summed E-state index contributed by atoms with van der Waals surface area (Å²) in [6.45, 7) is 0. The van der Waals surface area contributed by atoms with Crippen LogP contribution < -0.4 is 5.32 Å². The Hall–Kier alpha value is -2.64. The van der Waals surface area contributed by atoms with Crippen molar-refractivity contribution in [2.75, 3.05) is 7.11 Å². The average molecular weight is 391 g/mol. The molecule has 1 aliphatic heterocycles. The number of halogens is 2. The molecule has 0 saturated carbocycles. The van der Waals surface area contributed by atoms with Crippen LogP contribution in [-0.2, 0) is 9.53 Å². The van der Waals surface area contributed by atoms with Gasteiger partial charge in [0.1, 0.15) is 5.82 Å². The van der Waals surface area contributed by atoms with E-state index in [-0.39, 0.29) is 10.9 Å². The van der Waals surface area contributed by atoms with Crippen molar-refractivity contribution >= 4 is 52.2 Å². The zero-order valence-electron chi connectivity index (χ0n) is 13.5. The fourth-order valence-electron chi connectivity index (χ4n) is 2.14. The lowest BCUT2D eigenvalue weighted by atomic mass is 10.1. The third-order valence-corrected chi connectivity index (χ3v) is 4.61. The molecule has 2 aromatic carbocycles. The smallest absolute Gasteiger partial charge is 0.337 e. The van der Waals surface area contributed by atoms with E-state index in [1.165, 1.54) is 25.3 Å². The van der Waals surface area contributed by atoms with Crippen molar-refractivity contribution in [2.24, 2.45) is 4.99 Å². The van der Waals surface area contributed by atoms with Crippen molar-refractivity contribution in [3.8, 4) is 0 Å². The van der Waals surface area contributed by atoms with Crippen molar-refractivity contribution in [1.29, 1.82) is 0 Å². The van der Waals surface area contributed by atoms with Crippen molar-refractivity contribution in [3.05, 3.63) is 69.3 Å². The molecule has 1 amide bonds. The SMILES string of the molecule is COC(=O)c1ccc(C=C2SC(=Nc3ccc(F)c(Cl)c3)NC2=O)cc1. The van der Waals surface area contributed by atoms with E-state index in [2.05, 4.69) is 15.0 Å². The van der Waals surface area contributed by atoms with E-state index in [1.807, 2.05) is 0 Å². The Morgan fingerprint density at radius 1 is 1.27 bits per heavy atom. The first-order valence-corrected chi connectivity index (χ1v) is 8.59. The van der Waals surface area contributed by atoms with Crippen LogP contribution in [0.3, 0.4) is 0 Å². The predicted octanol–water partition coefficient (Wildman–Crippen LogP) is 4.16. The number of thioether (sulfide) groups is 1. The third-order valence-electron chi connectivity index (χ3n) is 3.41. The van der Waals surface area contributed by atoms with Crippen LogP contribution in [0.25, 0.3) is 6.08 Å². The lowest BCUT2D eigenvalue weighted by Crippen LogP contribution is -2.19. The third kappa shape index (κ3) is 4.12. The molecule has 1 N–H and O–H groups in total. The normalized spacial score (nSPS) is 16.8. The van der Waals surface area contributed by atoms with Gasteiger partial charge in [-0.1, -0.05) is 23.7 Å². The van der Waals surface area contributed by atoms with Gasteiger partial charge in [-0.2, -0.15) is 0 Å². The molecule has 0 aliphatic carbocycles. The number of hydrogen-bond acceptors (Lipinski definition) is 5. The number of nitrogens with zero attached hydrogens (tertiary/aromatic N) is 1. The summed E-state index contributed by atoms with van der Waals surface area (Å²) < 4.78 is 17.8. The Balaban J connectivity index is 1.78. The van der Waals surface area contributed by atoms with Gasteiger partial charge in [-0.15, -0.1) is 0 Å². The number of aliphatic imine (C=N–C) groups is 1. The van der Waals surface area contributed by atoms with E-state index < -0.39 is 11.8 Å². The van der Waals surface area contributed by atoms with Gasteiger partial charge >= 0.3 is 5.97 Å². The summed E-state index contributed by atoms with van der Waals surface area (Å²) in [5.74, 6) is -1.25. The van der Waals surface area contributed by atoms with Crippen molar-refractivity contribution in [3.63, 3.8) is 0 Å². The van der Waals surface area contributed by atoms with Gasteiger partial charge in [-0.05, 0) is 53.7 Å². The number of rotatable bonds is 3. The summed E-state index contributed by atoms with van der Waals surface area (Å²) in [5, 5.41) is 2.97. The zero-order valence-corrected chi connectivity index (χ0v) is 15.0. The van der Waals surface area contributed by atoms with Crippen LogP contribution >= 0.6 is 23.4 Å². The van der Waals surface area contributed by atoms with Gasteiger partial charge < -0.3 is 10.1 Å². The first kappa shape index (κ1) is 18.2. The minimum absolute atomic E-state index is 0.0392. The van der Waals surface area contributed by atoms with Crippen LogP contribution in [0.15, 0.2) is 52.4 Å². The van der Waals surface area contributed by atoms with Crippen molar-refractivity contribution in [1.82, 2.24) is 5.32 Å². The molecule has 1 saturated heterocycles. The fraction of sp³-hybridized carbons (Fsp3) is 0.0556. The number of nitrogens with one attached hydrogen (secondary N) is 1. The van der Waals surface area contributed by atoms with E-state index in [0.29, 0.717) is 21.3 Å². The van der Waals surface area contributed by atoms with Crippen LogP contribution in [0.5, 0.6) is 0 Å². The second-order valence-corrected chi connectivity index (χ2v) is 6.63. The number of hydrogen-bond donors (Lipinski definition) is 1. The van der Waals surface area contributed by atoms with E-state index >= 15 is 0 Å². The Kier molecular flexibility index (Phi) is 5.39. The van der Waals surface area contributed by atoms with Crippen LogP contribution in [0.4, 0.5) is 10.1 Å². The molecule has 132 valence electrons. The molecule has 0 aromatic heterocycles. The highest BCUT2D eigenvalue weighted by atomic mass is 35.5. The summed E-state index contributed by atoms with van der Waals surface area (Å²) in [6, 6.07) is 10.7. The molecular weight excluding hydrogens is 379 g/mol. The van der Waals surface area contributed by atoms with E-state index in [1.54, 1.807) is 30.3 Å². The molecule has 1 fully saturated rings. The fourth-order valence-corrected chi connectivity index (χ4v) is 3.15. The number of ether oxygens (including phenoxy) is 1. The first-order chi connectivity index (χ1) is 12.5. The molecule has 1 heterocycles. The maximum atomic E-state index is 13.2. The second kappa shape index (κ2) is 7.72. The van der Waals surface area contributed by atoms with Crippen LogP contribution in [0, 0.1) is 5.82 Å². The highest BCUT2D eigenvalue weighted by Crippen LogP contribution is 2.29. The van der Waals surface area contributed by atoms with E-state index in [0.717, 1.165) is 17.3 Å². The minimum atomic E-state index is -0.533. The molecule has 5 nitrogen and oxygen atoms in total. The van der Waals surface area contributed by atoms with Gasteiger partial charge in [0.05, 0.1) is 28.3 Å². The Morgan fingerprint density at radius 3 is 2.65 bits per heavy atom. The van der Waals surface area contributed by atoms with Crippen LogP contribution in [0.1, 0.15) is 15.9 Å². The molecule has 2 aromatic rings. The summed E-state index contributed by atoms with van der Waals surface area (Å²) >= 11 is 6.88. The maximum Gasteiger partial charge on any atom is 0.337 e. The van der Waals surface area contributed by atoms with Gasteiger partial charge in [0, 0.05) is 0 Å². The van der Waals surface area contributed by atoms with Gasteiger partial charge in [-0.3, -0.25) is 4.79 Å². The number of benzene rings is 2. The number of esters is 1. The maximum absolute atomic E-state index is 13.2. The highest BCUT2D eigenvalue weighted by Gasteiger charge is 2.23. The van der Waals surface area contributed by atoms with Gasteiger partial charge in [-0.25, -0.2) is 14.2 Å². The lowest BCUT2D eigenvalue weighted by Gasteiger charge is -2.00. The lowest BCUT2D eigenvalue weighted by molar-refractivity contribution is -0.115. The first-order valence-electron chi connectivity index (χ1n) is 7.39. The number of carbonyl (C=O) groups excluding carboxylic acids is 2. The molecule has 8 heteroatoms. The number of amides is 1. The summed E-state index contributed by atoms with van der Waals surface area (Å²) in [6.07, 6.45) is 1.68. The molecule has 1 aliphatic rings. The molecule has 0 spiro atoms. The molecule has 0 radical (unpaired) electrons. The molecule has 3 rings (SSSR count). The highest BCUT2D eigenvalue weighted by molar-refractivity contribution is 8.18. The van der Waals surface area contributed by atoms with Crippen LogP contribution in [-0.4, -0.2) is 24.2 Å². The Labute approximate surface area is 157 Å². The molecule has 0 bridgehead atoms. The summed E-state index contributed by atoms with van der Waals surface area (Å²) in [5.41, 5.74) is 1.61. The van der Waals surface area contributed by atoms with Crippen molar-refractivity contribution < 1.29 is 18.7 Å². The minimum Gasteiger partial charge on any atom is -0.465 e. The standard InChI is InChI=1S/C18H12ClFN2O3S/c1-25-17(24)11-4-2-10(3-5-11)8-15-16(23)22-18(26-15)21-12-6-7-14(20)13(19)9-12/h2-9H,1H3,(H,21,22,23). The van der Waals surface area contributed by atoms with Gasteiger partial charge in [0.25, 0.3) is 5.91 Å². The Morgan fingerprint density at radius 2 is 2.00 bits per heavy atom. The molecule has 0 atom stereocenters. The van der Waals surface area contributed by atoms with Crippen molar-refractivity contribution in [2.45, 2.75) is 0 Å². The monoisotopic (exact) mass is 390 g/mol. The topological polar surface area (TPSA) is 67.8 Å². The quantitative estimate of drug-likeness (QED) is 0.631. The number of methoxy groups -OCH3 is 1. The number of carbonyl (C=O) groups is 2.